The Morgan fingerprint density at radius 1 is 0.561 bits per heavy atom. The molecule has 0 aliphatic rings. The monoisotopic (exact) mass is 596 g/mol. The van der Waals surface area contributed by atoms with Gasteiger partial charge in [0, 0.05) is 25.5 Å². The first-order valence-electron chi connectivity index (χ1n) is 13.1. The molecule has 0 bridgehead atoms. The molecule has 6 rings (SSSR count). The smallest absolute Gasteiger partial charge is 0.307 e. The number of aryl methyl sites for hydroxylation is 3. The minimum Gasteiger partial charge on any atom is -0.456 e. The molecule has 7 heteroatoms. The Kier molecular flexibility index (Phi) is 7.08. The zero-order valence-corrected chi connectivity index (χ0v) is 25.3. The summed E-state index contributed by atoms with van der Waals surface area (Å²) in [5.74, 6) is 0. The van der Waals surface area contributed by atoms with Crippen LogP contribution in [-0.2, 0) is 13.7 Å². The van der Waals surface area contributed by atoms with Gasteiger partial charge >= 0.3 is 10.1 Å². The molecule has 0 atom stereocenters. The van der Waals surface area contributed by atoms with Gasteiger partial charge in [-0.1, -0.05) is 77.4 Å². The van der Waals surface area contributed by atoms with E-state index in [2.05, 4.69) is 0 Å². The lowest BCUT2D eigenvalue weighted by Gasteiger charge is -2.39. The Bertz CT molecular complexity index is 2020. The van der Waals surface area contributed by atoms with Crippen molar-refractivity contribution in [3.63, 3.8) is 0 Å². The fourth-order valence-electron chi connectivity index (χ4n) is 4.83. The Morgan fingerprint density at radius 3 is 1.59 bits per heavy atom. The van der Waals surface area contributed by atoms with E-state index in [0.717, 1.165) is 37.3 Å². The molecule has 41 heavy (non-hydrogen) atoms. The van der Waals surface area contributed by atoms with Crippen molar-refractivity contribution in [3.05, 3.63) is 136 Å². The summed E-state index contributed by atoms with van der Waals surface area (Å²) in [4.78, 5) is 2.31. The molecular weight excluding hydrogens is 569 g/mol. The molecule has 0 radical (unpaired) electrons. The number of hydrogen-bond donors (Lipinski definition) is 0. The highest BCUT2D eigenvalue weighted by Gasteiger charge is 2.38. The van der Waals surface area contributed by atoms with E-state index >= 15 is 0 Å². The van der Waals surface area contributed by atoms with Gasteiger partial charge in [0.25, 0.3) is 0 Å². The summed E-state index contributed by atoms with van der Waals surface area (Å²) in [5, 5.41) is 1.55. The minimum atomic E-state index is -4.21. The van der Waals surface area contributed by atoms with Crippen LogP contribution < -0.4 is 0 Å². The van der Waals surface area contributed by atoms with Gasteiger partial charge in [0.05, 0.1) is 9.41 Å². The number of rotatable bonds is 6. The molecule has 0 unspecified atom stereocenters. The molecule has 0 aliphatic heterocycles. The average Bonchev–Trinajstić information content (AvgIpc) is 2.97. The van der Waals surface area contributed by atoms with Gasteiger partial charge < -0.3 is 4.42 Å². The maximum absolute atomic E-state index is 14.1. The van der Waals surface area contributed by atoms with E-state index in [-0.39, 0.29) is 4.90 Å². The van der Waals surface area contributed by atoms with Crippen LogP contribution in [0.3, 0.4) is 0 Å². The van der Waals surface area contributed by atoms with Crippen molar-refractivity contribution >= 4 is 54.6 Å². The third-order valence-corrected chi connectivity index (χ3v) is 12.7. The van der Waals surface area contributed by atoms with Crippen LogP contribution in [0.25, 0.3) is 21.9 Å². The van der Waals surface area contributed by atoms with Crippen molar-refractivity contribution in [2.24, 2.45) is 0 Å². The van der Waals surface area contributed by atoms with Crippen LogP contribution in [0, 0.1) is 25.3 Å². The van der Waals surface area contributed by atoms with Crippen LogP contribution >= 0.6 is 22.5 Å². The van der Waals surface area contributed by atoms with Crippen molar-refractivity contribution in [1.82, 2.24) is 0 Å². The highest BCUT2D eigenvalue weighted by Crippen LogP contribution is 2.70. The Balaban J connectivity index is 1.69. The van der Waals surface area contributed by atoms with Gasteiger partial charge in [-0.15, -0.1) is 0 Å². The first-order valence-corrected chi connectivity index (χ1v) is 16.5. The van der Waals surface area contributed by atoms with Gasteiger partial charge in [0.2, 0.25) is 0 Å². The fraction of sp³-hybridized carbons (Fsp3) is 0.0882. The molecule has 0 spiro atoms. The lowest BCUT2D eigenvalue weighted by atomic mass is 10.1. The SMILES string of the molecule is Cc1ccc(S(OS(=O)(=O)c2ccc(C)cc2)(c2ccc(C)cc2)c2ccc3oc4ccccc4c(=S)c3c2)cc1. The van der Waals surface area contributed by atoms with Crippen LogP contribution in [0.15, 0.2) is 139 Å². The second-order valence-corrected chi connectivity index (χ2v) is 15.0. The van der Waals surface area contributed by atoms with Crippen molar-refractivity contribution in [3.8, 4) is 0 Å². The van der Waals surface area contributed by atoms with Crippen molar-refractivity contribution in [2.75, 3.05) is 0 Å². The van der Waals surface area contributed by atoms with E-state index in [1.165, 1.54) is 0 Å². The summed E-state index contributed by atoms with van der Waals surface area (Å²) in [6.45, 7) is 5.92. The summed E-state index contributed by atoms with van der Waals surface area (Å²) in [6, 6.07) is 35.8. The second-order valence-electron chi connectivity index (χ2n) is 10.1. The first-order chi connectivity index (χ1) is 19.7. The molecule has 6 aromatic rings. The lowest BCUT2D eigenvalue weighted by Crippen LogP contribution is -2.14. The summed E-state index contributed by atoms with van der Waals surface area (Å²) in [5.41, 5.74) is 4.41. The summed E-state index contributed by atoms with van der Waals surface area (Å²) < 4.78 is 41.6. The number of fused-ring (bicyclic) bond motifs is 2. The molecule has 4 nitrogen and oxygen atoms in total. The predicted octanol–water partition coefficient (Wildman–Crippen LogP) is 9.84. The molecule has 1 heterocycles. The number of hydrogen-bond acceptors (Lipinski definition) is 5. The Labute approximate surface area is 246 Å². The molecule has 5 aromatic carbocycles. The van der Waals surface area contributed by atoms with Gasteiger partial charge in [0.1, 0.15) is 11.2 Å². The third-order valence-electron chi connectivity index (χ3n) is 7.09. The Hall–Kier alpha value is -3.75. The molecule has 0 amide bonds. The fourth-order valence-corrected chi connectivity index (χ4v) is 10.4. The minimum absolute atomic E-state index is 0.102. The maximum Gasteiger partial charge on any atom is 0.307 e. The zero-order chi connectivity index (χ0) is 28.8. The maximum atomic E-state index is 14.1. The van der Waals surface area contributed by atoms with Crippen LogP contribution in [0.5, 0.6) is 0 Å². The molecule has 0 aliphatic carbocycles. The van der Waals surface area contributed by atoms with E-state index in [1.54, 1.807) is 24.3 Å². The Morgan fingerprint density at radius 2 is 1.02 bits per heavy atom. The highest BCUT2D eigenvalue weighted by atomic mass is 32.3. The van der Waals surface area contributed by atoms with Crippen LogP contribution in [-0.4, -0.2) is 8.42 Å². The summed E-state index contributed by atoms with van der Waals surface area (Å²) >= 11 is 5.93. The van der Waals surface area contributed by atoms with E-state index in [0.29, 0.717) is 20.6 Å². The average molecular weight is 597 g/mol. The quantitative estimate of drug-likeness (QED) is 0.141. The van der Waals surface area contributed by atoms with Crippen LogP contribution in [0.2, 0.25) is 0 Å². The van der Waals surface area contributed by atoms with Gasteiger partial charge in [-0.3, -0.25) is 0 Å². The summed E-state index contributed by atoms with van der Waals surface area (Å²) in [6.07, 6.45) is 0. The van der Waals surface area contributed by atoms with Crippen molar-refractivity contribution in [2.45, 2.75) is 40.4 Å². The van der Waals surface area contributed by atoms with Gasteiger partial charge in [-0.2, -0.15) is 8.42 Å². The molecule has 1 aromatic heterocycles. The standard InChI is InChI=1S/C34H28O4S3/c1-23-8-14-26(15-9-23)40(27-16-10-24(2)11-17-27,38-41(35,36)28-18-12-25(3)13-19-28)29-20-21-33-31(22-29)34(39)30-6-4-5-7-32(30)37-33/h4-22H,1-3H3. The molecule has 0 fully saturated rings. The summed E-state index contributed by atoms with van der Waals surface area (Å²) in [7, 11) is -7.03. The van der Waals surface area contributed by atoms with E-state index in [9.17, 15) is 8.42 Å². The van der Waals surface area contributed by atoms with Crippen LogP contribution in [0.1, 0.15) is 16.7 Å². The zero-order valence-electron chi connectivity index (χ0n) is 22.8. The molecule has 0 N–H and O–H groups in total. The van der Waals surface area contributed by atoms with Crippen molar-refractivity contribution in [1.29, 1.82) is 0 Å². The van der Waals surface area contributed by atoms with E-state index in [1.807, 2.05) is 112 Å². The molecular formula is C34H28O4S3. The number of para-hydroxylation sites is 1. The van der Waals surface area contributed by atoms with Crippen LogP contribution in [0.4, 0.5) is 0 Å². The molecule has 206 valence electrons. The van der Waals surface area contributed by atoms with Gasteiger partial charge in [0.15, 0.2) is 0 Å². The van der Waals surface area contributed by atoms with Gasteiger partial charge in [-0.05, 0) is 97.8 Å². The largest absolute Gasteiger partial charge is 0.456 e. The molecule has 0 saturated carbocycles. The van der Waals surface area contributed by atoms with E-state index < -0.39 is 20.4 Å². The lowest BCUT2D eigenvalue weighted by molar-refractivity contribution is 0.508. The highest BCUT2D eigenvalue weighted by molar-refractivity contribution is 8.33. The van der Waals surface area contributed by atoms with E-state index in [4.69, 9.17) is 20.3 Å². The normalized spacial score (nSPS) is 12.6. The van der Waals surface area contributed by atoms with Crippen molar-refractivity contribution < 1.29 is 16.5 Å². The molecule has 0 saturated heterocycles. The topological polar surface area (TPSA) is 56.5 Å². The number of benzene rings is 5. The predicted molar refractivity (Wildman–Crippen MR) is 169 cm³/mol. The first kappa shape index (κ1) is 27.4. The second kappa shape index (κ2) is 10.6. The third kappa shape index (κ3) is 5.00. The van der Waals surface area contributed by atoms with Gasteiger partial charge in [-0.25, -0.2) is 3.63 Å².